The number of hydrogen-bond donors (Lipinski definition) is 2. The number of azo groups is 1. The molecular formula is C25H13ClCuN7Na3O11S3. The average molecular weight is 852 g/mol. The number of anilines is 4. The first kappa shape index (κ1) is 47.5. The molecule has 0 atom stereocenters. The van der Waals surface area contributed by atoms with Crippen molar-refractivity contribution in [1.29, 1.82) is 0 Å². The van der Waals surface area contributed by atoms with E-state index in [-0.39, 0.29) is 145 Å². The number of halogens is 1. The van der Waals surface area contributed by atoms with Crippen LogP contribution in [-0.4, -0.2) is 53.9 Å². The smallest absolute Gasteiger partial charge is 0.871 e. The van der Waals surface area contributed by atoms with E-state index in [4.69, 9.17) is 11.6 Å². The maximum absolute atomic E-state index is 13.2. The van der Waals surface area contributed by atoms with Gasteiger partial charge in [-0.2, -0.15) is 20.1 Å². The molecule has 26 heteroatoms. The number of hydrogen-bond acceptors (Lipinski definition) is 18. The Balaban J connectivity index is 0.00000325. The molecule has 0 aliphatic rings. The zero-order valence-electron chi connectivity index (χ0n) is 26.0. The maximum Gasteiger partial charge on any atom is 2.00 e. The van der Waals surface area contributed by atoms with E-state index in [0.717, 1.165) is 24.3 Å². The third kappa shape index (κ3) is 12.0. The van der Waals surface area contributed by atoms with Crippen LogP contribution in [0.3, 0.4) is 0 Å². The summed E-state index contributed by atoms with van der Waals surface area (Å²) in [6.07, 6.45) is 0. The second kappa shape index (κ2) is 18.7. The summed E-state index contributed by atoms with van der Waals surface area (Å²) in [6.45, 7) is 0. The van der Waals surface area contributed by atoms with Gasteiger partial charge in [-0.05, 0) is 70.9 Å². The number of rotatable bonds is 9. The topological polar surface area (TPSA) is 305 Å². The molecule has 2 N–H and O–H groups in total. The first-order valence-corrected chi connectivity index (χ1v) is 16.9. The van der Waals surface area contributed by atoms with Gasteiger partial charge in [0.05, 0.1) is 26.1 Å². The van der Waals surface area contributed by atoms with Crippen molar-refractivity contribution in [2.75, 3.05) is 10.6 Å². The monoisotopic (exact) mass is 850 g/mol. The molecule has 0 amide bonds. The van der Waals surface area contributed by atoms with E-state index in [1.165, 1.54) is 30.3 Å². The van der Waals surface area contributed by atoms with Crippen LogP contribution in [0.25, 0.3) is 10.8 Å². The van der Waals surface area contributed by atoms with Crippen LogP contribution in [0.5, 0.6) is 11.5 Å². The molecule has 0 spiro atoms. The van der Waals surface area contributed by atoms with Crippen LogP contribution in [0.4, 0.5) is 34.6 Å². The molecule has 0 bridgehead atoms. The Hall–Kier alpha value is -1.51. The van der Waals surface area contributed by atoms with Crippen LogP contribution in [0.2, 0.25) is 5.28 Å². The third-order valence-corrected chi connectivity index (χ3v) is 8.70. The second-order valence-corrected chi connectivity index (χ2v) is 13.7. The van der Waals surface area contributed by atoms with Gasteiger partial charge in [0.1, 0.15) is 30.4 Å². The van der Waals surface area contributed by atoms with Gasteiger partial charge >= 0.3 is 106 Å². The maximum atomic E-state index is 13.2. The standard InChI is InChI=1S/C25H18ClN7O11S3.Cu.3Na/c26-23-29-24(27-13-2-1-3-15(10-13)45(36,37)38)31-25(30-23)28-14-4-6-17-12(8-14)9-20(47(42,43)44)21(22(17)35)33-32-18-11-16(46(39,40)41)5-7-19(18)34;;;;/h1-11,34-35H,(H,36,37,38)(H,39,40,41)(H,42,43,44)(H2,27,28,29,30,31);;;;/q;+2;3*+1/p-5. The summed E-state index contributed by atoms with van der Waals surface area (Å²) < 4.78 is 104. The Kier molecular flexibility index (Phi) is 17.4. The van der Waals surface area contributed by atoms with Crippen LogP contribution in [0.1, 0.15) is 0 Å². The van der Waals surface area contributed by atoms with Crippen molar-refractivity contribution in [3.05, 3.63) is 72.0 Å². The molecule has 0 saturated heterocycles. The van der Waals surface area contributed by atoms with Gasteiger partial charge in [0.2, 0.25) is 17.2 Å². The van der Waals surface area contributed by atoms with E-state index < -0.39 is 67.9 Å². The van der Waals surface area contributed by atoms with Crippen molar-refractivity contribution in [2.24, 2.45) is 10.2 Å². The fraction of sp³-hybridized carbons (Fsp3) is 0. The molecule has 5 aromatic rings. The van der Waals surface area contributed by atoms with Crippen molar-refractivity contribution < 1.29 is 155 Å². The minimum atomic E-state index is -5.38. The van der Waals surface area contributed by atoms with E-state index >= 15 is 0 Å². The number of benzene rings is 4. The van der Waals surface area contributed by atoms with E-state index in [1.807, 2.05) is 0 Å². The SMILES string of the molecule is O=S(=O)([O-])c1cccc(Nc2nc(Cl)nc(Nc3ccc4c([O-])c(N=Nc5cc(S(=O)(=O)[O-])ccc5[O-])c(S(=O)(=O)[O-])cc4c3)n2)c1.[Cu+2].[Na+].[Na+].[Na+]. The summed E-state index contributed by atoms with van der Waals surface area (Å²) in [6, 6.07) is 11.5. The van der Waals surface area contributed by atoms with Crippen molar-refractivity contribution in [3.63, 3.8) is 0 Å². The summed E-state index contributed by atoms with van der Waals surface area (Å²) >= 11 is 5.99. The second-order valence-electron chi connectivity index (χ2n) is 9.21. The van der Waals surface area contributed by atoms with Crippen LogP contribution in [0.15, 0.2) is 91.6 Å². The quantitative estimate of drug-likeness (QED) is 0.0791. The largest absolute Gasteiger partial charge is 2.00 e. The Bertz CT molecular complexity index is 2470. The van der Waals surface area contributed by atoms with Gasteiger partial charge < -0.3 is 34.5 Å². The Morgan fingerprint density at radius 1 is 0.647 bits per heavy atom. The van der Waals surface area contributed by atoms with Crippen molar-refractivity contribution >= 4 is 87.4 Å². The van der Waals surface area contributed by atoms with Crippen LogP contribution < -0.4 is 110 Å². The van der Waals surface area contributed by atoms with Crippen molar-refractivity contribution in [2.45, 2.75) is 14.7 Å². The molecule has 1 radical (unpaired) electrons. The Morgan fingerprint density at radius 3 is 1.78 bits per heavy atom. The van der Waals surface area contributed by atoms with E-state index in [2.05, 4.69) is 35.8 Å². The molecule has 1 aromatic heterocycles. The zero-order chi connectivity index (χ0) is 34.3. The van der Waals surface area contributed by atoms with Crippen LogP contribution in [-0.2, 0) is 47.4 Å². The first-order chi connectivity index (χ1) is 21.9. The fourth-order valence-corrected chi connectivity index (χ4v) is 5.79. The predicted octanol–water partition coefficient (Wildman–Crippen LogP) is -6.55. The third-order valence-electron chi connectivity index (χ3n) is 6.02. The molecular weight excluding hydrogens is 838 g/mol. The molecule has 0 unspecified atom stereocenters. The van der Waals surface area contributed by atoms with Crippen LogP contribution >= 0.6 is 11.6 Å². The fourth-order valence-electron chi connectivity index (χ4n) is 3.99. The minimum Gasteiger partial charge on any atom is -0.871 e. The number of nitrogens with zero attached hydrogens (tertiary/aromatic N) is 5. The van der Waals surface area contributed by atoms with Gasteiger partial charge in [0, 0.05) is 11.4 Å². The number of aromatic nitrogens is 3. The van der Waals surface area contributed by atoms with Crippen molar-refractivity contribution in [3.8, 4) is 11.5 Å². The van der Waals surface area contributed by atoms with Gasteiger partial charge in [-0.25, -0.2) is 25.3 Å². The predicted molar refractivity (Wildman–Crippen MR) is 155 cm³/mol. The molecule has 0 fully saturated rings. The van der Waals surface area contributed by atoms with E-state index in [0.29, 0.717) is 12.1 Å². The molecule has 4 aromatic carbocycles. The number of fused-ring (bicyclic) bond motifs is 1. The van der Waals surface area contributed by atoms with Gasteiger partial charge in [-0.1, -0.05) is 29.7 Å². The van der Waals surface area contributed by atoms with Gasteiger partial charge in [0.25, 0.3) is 0 Å². The van der Waals surface area contributed by atoms with Gasteiger partial charge in [-0.15, -0.1) is 5.11 Å². The Labute approximate surface area is 371 Å². The molecule has 0 saturated carbocycles. The van der Waals surface area contributed by atoms with E-state index in [1.54, 1.807) is 0 Å². The molecule has 5 rings (SSSR count). The zero-order valence-corrected chi connectivity index (χ0v) is 36.1. The molecule has 18 nitrogen and oxygen atoms in total. The van der Waals surface area contributed by atoms with Crippen molar-refractivity contribution in [1.82, 2.24) is 15.0 Å². The van der Waals surface area contributed by atoms with Gasteiger partial charge in [-0.3, -0.25) is 0 Å². The molecule has 0 aliphatic heterocycles. The summed E-state index contributed by atoms with van der Waals surface area (Å²) in [5.74, 6) is -2.37. The van der Waals surface area contributed by atoms with Gasteiger partial charge in [0.15, 0.2) is 0 Å². The first-order valence-electron chi connectivity index (χ1n) is 12.3. The summed E-state index contributed by atoms with van der Waals surface area (Å²) in [4.78, 5) is 9.40. The summed E-state index contributed by atoms with van der Waals surface area (Å²) in [5, 5.41) is 37.1. The summed E-state index contributed by atoms with van der Waals surface area (Å²) in [7, 11) is -15.1. The Morgan fingerprint density at radius 2 is 1.22 bits per heavy atom. The van der Waals surface area contributed by atoms with E-state index in [9.17, 15) is 49.1 Å². The molecule has 0 aliphatic carbocycles. The minimum absolute atomic E-state index is 0. The summed E-state index contributed by atoms with van der Waals surface area (Å²) in [5.41, 5.74) is -1.42. The molecule has 1 heterocycles. The normalized spacial score (nSPS) is 11.5. The molecule has 51 heavy (non-hydrogen) atoms. The van der Waals surface area contributed by atoms with Crippen LogP contribution in [0, 0.1) is 0 Å². The number of nitrogens with one attached hydrogen (secondary N) is 2. The average Bonchev–Trinajstić information content (AvgIpc) is 2.95. The molecule has 253 valence electrons.